The van der Waals surface area contributed by atoms with Gasteiger partial charge in [0.15, 0.2) is 6.61 Å². The number of aryl methyl sites for hydroxylation is 2. The monoisotopic (exact) mass is 453 g/mol. The fraction of sp³-hybridized carbons (Fsp3) is 0.200. The van der Waals surface area contributed by atoms with Gasteiger partial charge in [0.25, 0.3) is 0 Å². The molecule has 1 N–H and O–H groups in total. The molecule has 28 heavy (non-hydrogen) atoms. The van der Waals surface area contributed by atoms with Gasteiger partial charge in [-0.1, -0.05) is 29.3 Å². The van der Waals surface area contributed by atoms with Gasteiger partial charge in [0.05, 0.1) is 15.7 Å². The molecule has 4 nitrogen and oxygen atoms in total. The molecule has 0 aliphatic heterocycles. The van der Waals surface area contributed by atoms with E-state index < -0.39 is 5.97 Å². The number of thioether (sulfide) groups is 1. The van der Waals surface area contributed by atoms with Crippen molar-refractivity contribution in [3.05, 3.63) is 62.6 Å². The molecule has 3 rings (SSSR count). The minimum atomic E-state index is -0.990. The lowest BCUT2D eigenvalue weighted by molar-refractivity contribution is -0.139. The number of thiazole rings is 1. The van der Waals surface area contributed by atoms with Crippen LogP contribution in [0, 0.1) is 13.8 Å². The maximum atomic E-state index is 10.6. The number of rotatable bonds is 7. The van der Waals surface area contributed by atoms with Crippen molar-refractivity contribution >= 4 is 52.3 Å². The molecule has 0 aliphatic rings. The first kappa shape index (κ1) is 21.0. The van der Waals surface area contributed by atoms with Gasteiger partial charge in [-0.2, -0.15) is 0 Å². The smallest absolute Gasteiger partial charge is 0.341 e. The molecule has 0 amide bonds. The normalized spacial score (nSPS) is 10.9. The van der Waals surface area contributed by atoms with Crippen molar-refractivity contribution in [3.8, 4) is 16.3 Å². The van der Waals surface area contributed by atoms with Crippen LogP contribution in [-0.4, -0.2) is 22.7 Å². The van der Waals surface area contributed by atoms with Gasteiger partial charge in [-0.3, -0.25) is 0 Å². The standard InChI is InChI=1S/C20H17Cl2NO3S2/c1-11-7-14(4-6-17(11)26-9-19(24)25)27-10-18-12(2)23-20(28-18)13-3-5-15(21)16(22)8-13/h3-8H,9-10H2,1-2H3,(H,24,25). The molecule has 8 heteroatoms. The molecule has 0 unspecified atom stereocenters. The largest absolute Gasteiger partial charge is 0.482 e. The van der Waals surface area contributed by atoms with E-state index in [1.165, 1.54) is 4.88 Å². The number of carbonyl (C=O) groups is 1. The zero-order valence-electron chi connectivity index (χ0n) is 15.2. The maximum absolute atomic E-state index is 10.6. The summed E-state index contributed by atoms with van der Waals surface area (Å²) >= 11 is 15.4. The molecule has 0 spiro atoms. The molecule has 146 valence electrons. The fourth-order valence-electron chi connectivity index (χ4n) is 2.48. The minimum Gasteiger partial charge on any atom is -0.482 e. The van der Waals surface area contributed by atoms with Crippen LogP contribution in [0.25, 0.3) is 10.6 Å². The van der Waals surface area contributed by atoms with Gasteiger partial charge in [0.2, 0.25) is 0 Å². The van der Waals surface area contributed by atoms with Gasteiger partial charge >= 0.3 is 5.97 Å². The zero-order chi connectivity index (χ0) is 20.3. The Morgan fingerprint density at radius 2 is 1.96 bits per heavy atom. The van der Waals surface area contributed by atoms with E-state index in [1.54, 1.807) is 35.2 Å². The Morgan fingerprint density at radius 3 is 2.64 bits per heavy atom. The summed E-state index contributed by atoms with van der Waals surface area (Å²) in [5.41, 5.74) is 2.86. The molecule has 3 aromatic rings. The van der Waals surface area contributed by atoms with Crippen LogP contribution in [0.5, 0.6) is 5.75 Å². The van der Waals surface area contributed by atoms with Crippen LogP contribution < -0.4 is 4.74 Å². The van der Waals surface area contributed by atoms with E-state index >= 15 is 0 Å². The summed E-state index contributed by atoms with van der Waals surface area (Å²) in [5.74, 6) is 0.387. The Balaban J connectivity index is 1.69. The lowest BCUT2D eigenvalue weighted by Gasteiger charge is -2.08. The molecule has 0 bridgehead atoms. The second-order valence-corrected chi connectivity index (χ2v) is 9.00. The summed E-state index contributed by atoms with van der Waals surface area (Å²) in [6, 6.07) is 11.3. The van der Waals surface area contributed by atoms with Crippen molar-refractivity contribution in [2.75, 3.05) is 6.61 Å². The number of ether oxygens (including phenoxy) is 1. The summed E-state index contributed by atoms with van der Waals surface area (Å²) in [4.78, 5) is 17.6. The molecular weight excluding hydrogens is 437 g/mol. The minimum absolute atomic E-state index is 0.342. The third-order valence-corrected chi connectivity index (χ3v) is 7.08. The van der Waals surface area contributed by atoms with Gasteiger partial charge in [0, 0.05) is 21.1 Å². The molecule has 0 saturated heterocycles. The first-order chi connectivity index (χ1) is 13.3. The van der Waals surface area contributed by atoms with Crippen LogP contribution in [0.2, 0.25) is 10.0 Å². The van der Waals surface area contributed by atoms with Gasteiger partial charge in [-0.05, 0) is 49.7 Å². The Morgan fingerprint density at radius 1 is 1.18 bits per heavy atom. The number of halogens is 2. The van der Waals surface area contributed by atoms with Crippen molar-refractivity contribution in [1.29, 1.82) is 0 Å². The first-order valence-corrected chi connectivity index (χ1v) is 10.9. The summed E-state index contributed by atoms with van der Waals surface area (Å²) in [7, 11) is 0. The highest BCUT2D eigenvalue weighted by molar-refractivity contribution is 7.98. The second-order valence-electron chi connectivity index (χ2n) is 6.05. The molecular formula is C20H17Cl2NO3S2. The number of aliphatic carboxylic acids is 1. The van der Waals surface area contributed by atoms with Gasteiger partial charge < -0.3 is 9.84 Å². The highest BCUT2D eigenvalue weighted by atomic mass is 35.5. The summed E-state index contributed by atoms with van der Waals surface area (Å²) in [6.45, 7) is 3.56. The van der Waals surface area contributed by atoms with Crippen LogP contribution in [0.1, 0.15) is 16.1 Å². The number of hydrogen-bond acceptors (Lipinski definition) is 5. The Labute approximate surface area is 181 Å². The van der Waals surface area contributed by atoms with E-state index in [0.29, 0.717) is 15.8 Å². The Bertz CT molecular complexity index is 1020. The van der Waals surface area contributed by atoms with Crippen molar-refractivity contribution in [1.82, 2.24) is 4.98 Å². The highest BCUT2D eigenvalue weighted by Gasteiger charge is 2.12. The third-order valence-electron chi connectivity index (χ3n) is 3.93. The molecule has 1 heterocycles. The second kappa shape index (κ2) is 9.18. The summed E-state index contributed by atoms with van der Waals surface area (Å²) < 4.78 is 5.27. The van der Waals surface area contributed by atoms with Crippen LogP contribution >= 0.6 is 46.3 Å². The lowest BCUT2D eigenvalue weighted by atomic mass is 10.2. The van der Waals surface area contributed by atoms with Gasteiger partial charge in [-0.25, -0.2) is 9.78 Å². The summed E-state index contributed by atoms with van der Waals surface area (Å²) in [5, 5.41) is 10.7. The van der Waals surface area contributed by atoms with E-state index in [9.17, 15) is 4.79 Å². The predicted molar refractivity (Wildman–Crippen MR) is 116 cm³/mol. The van der Waals surface area contributed by atoms with E-state index in [2.05, 4.69) is 4.98 Å². The zero-order valence-corrected chi connectivity index (χ0v) is 18.3. The van der Waals surface area contributed by atoms with Crippen LogP contribution in [-0.2, 0) is 10.5 Å². The molecule has 0 fully saturated rings. The lowest BCUT2D eigenvalue weighted by Crippen LogP contribution is -2.09. The molecule has 0 atom stereocenters. The van der Waals surface area contributed by atoms with Crippen molar-refractivity contribution in [3.63, 3.8) is 0 Å². The molecule has 1 aromatic heterocycles. The van der Waals surface area contributed by atoms with Crippen molar-refractivity contribution in [2.45, 2.75) is 24.5 Å². The fourth-order valence-corrected chi connectivity index (χ4v) is 4.97. The molecule has 0 saturated carbocycles. The van der Waals surface area contributed by atoms with Crippen LogP contribution in [0.15, 0.2) is 41.3 Å². The Kier molecular flexibility index (Phi) is 6.88. The SMILES string of the molecule is Cc1cc(SCc2sc(-c3ccc(Cl)c(Cl)c3)nc2C)ccc1OCC(=O)O. The van der Waals surface area contributed by atoms with Crippen LogP contribution in [0.3, 0.4) is 0 Å². The number of hydrogen-bond donors (Lipinski definition) is 1. The number of aromatic nitrogens is 1. The highest BCUT2D eigenvalue weighted by Crippen LogP contribution is 2.35. The summed E-state index contributed by atoms with van der Waals surface area (Å²) in [6.07, 6.45) is 0. The van der Waals surface area contributed by atoms with E-state index in [1.807, 2.05) is 38.1 Å². The van der Waals surface area contributed by atoms with Crippen molar-refractivity contribution in [2.24, 2.45) is 0 Å². The molecule has 2 aromatic carbocycles. The average Bonchev–Trinajstić information content (AvgIpc) is 3.02. The first-order valence-electron chi connectivity index (χ1n) is 8.33. The third kappa shape index (κ3) is 5.20. The molecule has 0 aliphatic carbocycles. The molecule has 0 radical (unpaired) electrons. The van der Waals surface area contributed by atoms with Crippen molar-refractivity contribution < 1.29 is 14.6 Å². The number of carboxylic acid groups (broad SMARTS) is 1. The van der Waals surface area contributed by atoms with Crippen LogP contribution in [0.4, 0.5) is 0 Å². The predicted octanol–water partition coefficient (Wildman–Crippen LogP) is 6.49. The number of benzene rings is 2. The van der Waals surface area contributed by atoms with E-state index in [-0.39, 0.29) is 6.61 Å². The topological polar surface area (TPSA) is 59.4 Å². The number of nitrogens with zero attached hydrogens (tertiary/aromatic N) is 1. The quantitative estimate of drug-likeness (QED) is 0.414. The van der Waals surface area contributed by atoms with E-state index in [4.69, 9.17) is 33.0 Å². The average molecular weight is 454 g/mol. The number of carboxylic acids is 1. The maximum Gasteiger partial charge on any atom is 0.341 e. The van der Waals surface area contributed by atoms with Gasteiger partial charge in [-0.15, -0.1) is 23.1 Å². The van der Waals surface area contributed by atoms with Gasteiger partial charge in [0.1, 0.15) is 10.8 Å². The van der Waals surface area contributed by atoms with E-state index in [0.717, 1.165) is 32.5 Å². The Hall–Kier alpha value is -1.73.